The van der Waals surface area contributed by atoms with Crippen LogP contribution in [0.15, 0.2) is 0 Å². The number of unbranched alkanes of at least 4 members (excludes halogenated alkanes) is 2. The fourth-order valence-electron chi connectivity index (χ4n) is 1.66. The quantitative estimate of drug-likeness (QED) is 0.612. The lowest BCUT2D eigenvalue weighted by Crippen LogP contribution is -2.24. The van der Waals surface area contributed by atoms with Crippen molar-refractivity contribution in [3.8, 4) is 0 Å². The lowest BCUT2D eigenvalue weighted by atomic mass is 9.92. The van der Waals surface area contributed by atoms with Crippen LogP contribution in [0.25, 0.3) is 0 Å². The van der Waals surface area contributed by atoms with E-state index in [0.29, 0.717) is 0 Å². The molecule has 0 aliphatic heterocycles. The Labute approximate surface area is 95.7 Å². The van der Waals surface area contributed by atoms with Crippen LogP contribution in [-0.2, 0) is 0 Å². The molecule has 0 spiro atoms. The molecule has 0 aliphatic rings. The summed E-state index contributed by atoms with van der Waals surface area (Å²) in [7, 11) is 0. The maximum atomic E-state index is 9.97. The number of rotatable bonds is 8. The van der Waals surface area contributed by atoms with Gasteiger partial charge in [0.1, 0.15) is 0 Å². The zero-order valence-electron chi connectivity index (χ0n) is 9.92. The smallest absolute Gasteiger partial charge is 0.0619 e. The molecule has 2 nitrogen and oxygen atoms in total. The summed E-state index contributed by atoms with van der Waals surface area (Å²) in [6.07, 6.45) is 6.68. The zero-order chi connectivity index (χ0) is 11.0. The minimum absolute atomic E-state index is 0. The highest BCUT2D eigenvalue weighted by atomic mass is 16.3. The zero-order valence-corrected chi connectivity index (χ0v) is 9.92. The minimum Gasteiger partial charge on any atom is -0.393 e. The number of aliphatic hydroxyl groups is 2. The molecule has 0 amide bonds. The predicted octanol–water partition coefficient (Wildman–Crippen LogP) is 3.50. The van der Waals surface area contributed by atoms with Gasteiger partial charge < -0.3 is 10.2 Å². The fraction of sp³-hybridized carbons (Fsp3) is 1.00. The lowest BCUT2D eigenvalue weighted by Gasteiger charge is -2.23. The van der Waals surface area contributed by atoms with Gasteiger partial charge in [0.15, 0.2) is 0 Å². The van der Waals surface area contributed by atoms with Crippen LogP contribution >= 0.6 is 0 Å². The largest absolute Gasteiger partial charge is 0.393 e. The Morgan fingerprint density at radius 3 is 2.13 bits per heavy atom. The summed E-state index contributed by atoms with van der Waals surface area (Å²) in [5, 5.41) is 19.1. The SMILES string of the molecule is C.CCCCCC(C)(O)CCCC(C)O. The second-order valence-corrected chi connectivity index (χ2v) is 4.70. The first kappa shape index (κ1) is 17.3. The van der Waals surface area contributed by atoms with Crippen LogP contribution in [0.5, 0.6) is 0 Å². The third-order valence-electron chi connectivity index (χ3n) is 2.66. The lowest BCUT2D eigenvalue weighted by molar-refractivity contribution is 0.0335. The van der Waals surface area contributed by atoms with Crippen LogP contribution in [0.3, 0.4) is 0 Å². The standard InChI is InChI=1S/C12H26O2.CH4/c1-4-5-6-9-12(3,14)10-7-8-11(2)13;/h11,13-14H,4-10H2,1-3H3;1H4. The minimum atomic E-state index is -0.524. The molecule has 15 heavy (non-hydrogen) atoms. The molecule has 0 rings (SSSR count). The molecular formula is C13H30O2. The van der Waals surface area contributed by atoms with Crippen LogP contribution in [0.1, 0.15) is 73.1 Å². The average molecular weight is 218 g/mol. The van der Waals surface area contributed by atoms with Gasteiger partial charge in [-0.25, -0.2) is 0 Å². The average Bonchev–Trinajstić information content (AvgIpc) is 2.03. The highest BCUT2D eigenvalue weighted by Gasteiger charge is 2.18. The Morgan fingerprint density at radius 1 is 1.13 bits per heavy atom. The molecule has 0 aromatic carbocycles. The molecule has 0 saturated carbocycles. The molecule has 0 aromatic rings. The molecule has 0 saturated heterocycles. The summed E-state index contributed by atoms with van der Waals surface area (Å²) in [5.41, 5.74) is -0.524. The molecule has 0 aliphatic carbocycles. The topological polar surface area (TPSA) is 40.5 Å². The summed E-state index contributed by atoms with van der Waals surface area (Å²) in [6, 6.07) is 0. The third-order valence-corrected chi connectivity index (χ3v) is 2.66. The van der Waals surface area contributed by atoms with Gasteiger partial charge in [-0.05, 0) is 39.5 Å². The Bertz CT molecular complexity index is 130. The third kappa shape index (κ3) is 11.8. The summed E-state index contributed by atoms with van der Waals surface area (Å²) in [5.74, 6) is 0. The van der Waals surface area contributed by atoms with Crippen molar-refractivity contribution in [1.82, 2.24) is 0 Å². The molecule has 2 N–H and O–H groups in total. The van der Waals surface area contributed by atoms with E-state index < -0.39 is 5.60 Å². The maximum Gasteiger partial charge on any atom is 0.0619 e. The van der Waals surface area contributed by atoms with E-state index in [1.807, 2.05) is 6.92 Å². The molecule has 0 heterocycles. The van der Waals surface area contributed by atoms with E-state index in [-0.39, 0.29) is 13.5 Å². The van der Waals surface area contributed by atoms with Crippen LogP contribution < -0.4 is 0 Å². The predicted molar refractivity (Wildman–Crippen MR) is 67.0 cm³/mol. The van der Waals surface area contributed by atoms with Crippen molar-refractivity contribution in [2.45, 2.75) is 84.8 Å². The first-order valence-corrected chi connectivity index (χ1v) is 5.88. The molecule has 2 unspecified atom stereocenters. The van der Waals surface area contributed by atoms with E-state index in [9.17, 15) is 5.11 Å². The van der Waals surface area contributed by atoms with Gasteiger partial charge in [-0.2, -0.15) is 0 Å². The van der Waals surface area contributed by atoms with Crippen molar-refractivity contribution >= 4 is 0 Å². The van der Waals surface area contributed by atoms with Crippen molar-refractivity contribution in [2.24, 2.45) is 0 Å². The molecule has 2 atom stereocenters. The Hall–Kier alpha value is -0.0800. The number of hydrogen-bond acceptors (Lipinski definition) is 2. The van der Waals surface area contributed by atoms with E-state index in [0.717, 1.165) is 32.1 Å². The van der Waals surface area contributed by atoms with Gasteiger partial charge in [0.25, 0.3) is 0 Å². The second-order valence-electron chi connectivity index (χ2n) is 4.70. The van der Waals surface area contributed by atoms with E-state index in [1.165, 1.54) is 12.8 Å². The fourth-order valence-corrected chi connectivity index (χ4v) is 1.66. The van der Waals surface area contributed by atoms with Crippen LogP contribution in [0.4, 0.5) is 0 Å². The molecular weight excluding hydrogens is 188 g/mol. The monoisotopic (exact) mass is 218 g/mol. The summed E-state index contributed by atoms with van der Waals surface area (Å²) < 4.78 is 0. The van der Waals surface area contributed by atoms with E-state index >= 15 is 0 Å². The summed E-state index contributed by atoms with van der Waals surface area (Å²) in [6.45, 7) is 5.87. The van der Waals surface area contributed by atoms with Crippen molar-refractivity contribution < 1.29 is 10.2 Å². The van der Waals surface area contributed by atoms with Gasteiger partial charge in [0, 0.05) is 0 Å². The van der Waals surface area contributed by atoms with E-state index in [2.05, 4.69) is 6.92 Å². The Balaban J connectivity index is 0. The second kappa shape index (κ2) is 9.17. The summed E-state index contributed by atoms with van der Waals surface area (Å²) >= 11 is 0. The van der Waals surface area contributed by atoms with E-state index in [4.69, 9.17) is 5.11 Å². The van der Waals surface area contributed by atoms with Crippen molar-refractivity contribution in [2.75, 3.05) is 0 Å². The number of hydrogen-bond donors (Lipinski definition) is 2. The van der Waals surface area contributed by atoms with Gasteiger partial charge >= 0.3 is 0 Å². The summed E-state index contributed by atoms with van der Waals surface area (Å²) in [4.78, 5) is 0. The number of aliphatic hydroxyl groups excluding tert-OH is 1. The maximum absolute atomic E-state index is 9.97. The Morgan fingerprint density at radius 2 is 1.67 bits per heavy atom. The molecule has 2 heteroatoms. The van der Waals surface area contributed by atoms with E-state index in [1.54, 1.807) is 6.92 Å². The first-order valence-electron chi connectivity index (χ1n) is 5.88. The Kier molecular flexibility index (Phi) is 10.6. The van der Waals surface area contributed by atoms with Crippen molar-refractivity contribution in [1.29, 1.82) is 0 Å². The highest BCUT2D eigenvalue weighted by molar-refractivity contribution is 4.72. The molecule has 94 valence electrons. The molecule has 0 radical (unpaired) electrons. The van der Waals surface area contributed by atoms with Gasteiger partial charge in [0.05, 0.1) is 11.7 Å². The van der Waals surface area contributed by atoms with Gasteiger partial charge in [-0.1, -0.05) is 33.6 Å². The molecule has 0 aromatic heterocycles. The molecule has 0 fully saturated rings. The van der Waals surface area contributed by atoms with Crippen LogP contribution in [0.2, 0.25) is 0 Å². The van der Waals surface area contributed by atoms with Gasteiger partial charge in [0.2, 0.25) is 0 Å². The molecule has 0 bridgehead atoms. The van der Waals surface area contributed by atoms with Gasteiger partial charge in [-0.15, -0.1) is 0 Å². The van der Waals surface area contributed by atoms with Crippen LogP contribution in [0, 0.1) is 0 Å². The first-order chi connectivity index (χ1) is 6.48. The highest BCUT2D eigenvalue weighted by Crippen LogP contribution is 2.21. The normalized spacial score (nSPS) is 16.6. The van der Waals surface area contributed by atoms with Gasteiger partial charge in [-0.3, -0.25) is 0 Å². The van der Waals surface area contributed by atoms with Crippen molar-refractivity contribution in [3.05, 3.63) is 0 Å². The van der Waals surface area contributed by atoms with Crippen molar-refractivity contribution in [3.63, 3.8) is 0 Å². The van der Waals surface area contributed by atoms with Crippen LogP contribution in [-0.4, -0.2) is 21.9 Å².